The van der Waals surface area contributed by atoms with E-state index in [4.69, 9.17) is 11.6 Å². The fraction of sp³-hybridized carbons (Fsp3) is 0.385. The van der Waals surface area contributed by atoms with Gasteiger partial charge in [0, 0.05) is 43.2 Å². The number of carbonyl (C=O) groups is 1. The third-order valence-electron chi connectivity index (χ3n) is 6.64. The van der Waals surface area contributed by atoms with Gasteiger partial charge in [-0.1, -0.05) is 48.0 Å². The minimum absolute atomic E-state index is 0.000693. The van der Waals surface area contributed by atoms with E-state index in [9.17, 15) is 18.0 Å². The molecule has 0 radical (unpaired) electrons. The van der Waals surface area contributed by atoms with Crippen molar-refractivity contribution in [2.45, 2.75) is 44.4 Å². The zero-order valence-corrected chi connectivity index (χ0v) is 21.3. The lowest BCUT2D eigenvalue weighted by atomic mass is 9.85. The molecule has 2 N–H and O–H groups in total. The molecule has 1 amide bonds. The smallest absolute Gasteiger partial charge is 0.357 e. The maximum atomic E-state index is 13.3. The molecule has 3 aromatic rings. The summed E-state index contributed by atoms with van der Waals surface area (Å²) < 4.78 is 40.0. The molecular weight excluding hydrogens is 505 g/mol. The van der Waals surface area contributed by atoms with Gasteiger partial charge < -0.3 is 15.5 Å². The first kappa shape index (κ1) is 26.7. The first-order valence-corrected chi connectivity index (χ1v) is 12.4. The maximum absolute atomic E-state index is 13.3. The molecule has 1 heterocycles. The summed E-state index contributed by atoms with van der Waals surface area (Å²) in [5, 5.41) is 5.66. The van der Waals surface area contributed by atoms with Crippen molar-refractivity contribution < 1.29 is 18.0 Å². The van der Waals surface area contributed by atoms with Crippen molar-refractivity contribution in [2.24, 2.45) is 5.92 Å². The number of nitrogens with one attached hydrogen (secondary N) is 2. The van der Waals surface area contributed by atoms with Crippen molar-refractivity contribution in [3.63, 3.8) is 0 Å². The molecule has 0 saturated heterocycles. The Kier molecular flexibility index (Phi) is 8.16. The van der Waals surface area contributed by atoms with Crippen LogP contribution in [0.15, 0.2) is 48.5 Å². The van der Waals surface area contributed by atoms with E-state index in [1.807, 2.05) is 42.3 Å². The maximum Gasteiger partial charge on any atom is 0.416 e. The minimum Gasteiger partial charge on any atom is -0.357 e. The Bertz CT molecular complexity index is 1230. The summed E-state index contributed by atoms with van der Waals surface area (Å²) in [6, 6.07) is 13.3. The van der Waals surface area contributed by atoms with Crippen molar-refractivity contribution in [1.29, 1.82) is 0 Å². The highest BCUT2D eigenvalue weighted by Crippen LogP contribution is 2.34. The Balaban J connectivity index is 1.38. The van der Waals surface area contributed by atoms with Crippen LogP contribution < -0.4 is 15.5 Å². The normalized spacial score (nSPS) is 17.8. The highest BCUT2D eigenvalue weighted by atomic mass is 35.5. The number of alkyl halides is 3. The van der Waals surface area contributed by atoms with Crippen LogP contribution in [0.4, 0.5) is 25.1 Å². The topological polar surface area (TPSA) is 83.0 Å². The van der Waals surface area contributed by atoms with E-state index in [0.717, 1.165) is 24.5 Å². The SMILES string of the molecule is CNc1nc(-c2ccccc2)nc(N(C)C2CCC(C(=O)NCc3ccc(Cl)cc3C(F)(F)F)CC2)n1. The first-order valence-electron chi connectivity index (χ1n) is 12.0. The molecule has 2 aromatic carbocycles. The summed E-state index contributed by atoms with van der Waals surface area (Å²) in [6.07, 6.45) is -1.86. The van der Waals surface area contributed by atoms with E-state index < -0.39 is 11.7 Å². The molecule has 1 fully saturated rings. The van der Waals surface area contributed by atoms with E-state index in [-0.39, 0.29) is 35.0 Å². The Hall–Kier alpha value is -3.40. The Morgan fingerprint density at radius 1 is 1.05 bits per heavy atom. The Morgan fingerprint density at radius 3 is 2.41 bits per heavy atom. The second-order valence-electron chi connectivity index (χ2n) is 9.03. The Morgan fingerprint density at radius 2 is 1.76 bits per heavy atom. The predicted molar refractivity (Wildman–Crippen MR) is 137 cm³/mol. The van der Waals surface area contributed by atoms with Gasteiger partial charge in [-0.15, -0.1) is 0 Å². The highest BCUT2D eigenvalue weighted by molar-refractivity contribution is 6.30. The number of hydrogen-bond acceptors (Lipinski definition) is 6. The fourth-order valence-electron chi connectivity index (χ4n) is 4.53. The lowest BCUT2D eigenvalue weighted by Crippen LogP contribution is -2.40. The number of aromatic nitrogens is 3. The van der Waals surface area contributed by atoms with Crippen LogP contribution in [0.1, 0.15) is 36.8 Å². The molecule has 37 heavy (non-hydrogen) atoms. The standard InChI is InChI=1S/C26H28ClF3N6O/c1-31-24-33-22(16-6-4-3-5-7-16)34-25(35-24)36(2)20-12-9-17(10-13-20)23(37)32-15-18-8-11-19(27)14-21(18)26(28,29)30/h3-8,11,14,17,20H,9-10,12-13,15H2,1-2H3,(H,32,37)(H,31,33,34,35). The van der Waals surface area contributed by atoms with Gasteiger partial charge in [0.2, 0.25) is 17.8 Å². The van der Waals surface area contributed by atoms with E-state index >= 15 is 0 Å². The number of nitrogens with zero attached hydrogens (tertiary/aromatic N) is 4. The summed E-state index contributed by atoms with van der Waals surface area (Å²) in [5.74, 6) is 1.05. The molecule has 0 unspecified atom stereocenters. The minimum atomic E-state index is -4.55. The summed E-state index contributed by atoms with van der Waals surface area (Å²) >= 11 is 5.74. The number of hydrogen-bond donors (Lipinski definition) is 2. The summed E-state index contributed by atoms with van der Waals surface area (Å²) in [7, 11) is 3.67. The molecule has 196 valence electrons. The first-order chi connectivity index (χ1) is 17.7. The predicted octanol–water partition coefficient (Wildman–Crippen LogP) is 5.56. The Labute approximate surface area is 218 Å². The summed E-state index contributed by atoms with van der Waals surface area (Å²) in [4.78, 5) is 28.4. The van der Waals surface area contributed by atoms with Crippen LogP contribution >= 0.6 is 11.6 Å². The molecule has 1 aromatic heterocycles. The largest absolute Gasteiger partial charge is 0.416 e. The summed E-state index contributed by atoms with van der Waals surface area (Å²) in [5.41, 5.74) is 0.0349. The van der Waals surface area contributed by atoms with Crippen LogP contribution in [0.2, 0.25) is 5.02 Å². The molecule has 7 nitrogen and oxygen atoms in total. The van der Waals surface area contributed by atoms with Gasteiger partial charge in [0.1, 0.15) is 0 Å². The zero-order valence-electron chi connectivity index (χ0n) is 20.5. The van der Waals surface area contributed by atoms with Crippen molar-refractivity contribution in [3.05, 3.63) is 64.7 Å². The molecule has 4 rings (SSSR count). The van der Waals surface area contributed by atoms with Crippen LogP contribution in [0, 0.1) is 5.92 Å². The van der Waals surface area contributed by atoms with Crippen LogP contribution in [0.5, 0.6) is 0 Å². The number of rotatable bonds is 7. The molecule has 1 saturated carbocycles. The average Bonchev–Trinajstić information content (AvgIpc) is 2.91. The lowest BCUT2D eigenvalue weighted by molar-refractivity contribution is -0.138. The van der Waals surface area contributed by atoms with E-state index in [2.05, 4.69) is 25.6 Å². The number of anilines is 2. The van der Waals surface area contributed by atoms with E-state index in [1.165, 1.54) is 12.1 Å². The fourth-order valence-corrected chi connectivity index (χ4v) is 4.70. The molecule has 0 spiro atoms. The van der Waals surface area contributed by atoms with Gasteiger partial charge in [0.25, 0.3) is 0 Å². The highest BCUT2D eigenvalue weighted by Gasteiger charge is 2.34. The third kappa shape index (κ3) is 6.49. The van der Waals surface area contributed by atoms with Crippen LogP contribution in [-0.4, -0.2) is 41.0 Å². The van der Waals surface area contributed by atoms with Gasteiger partial charge in [-0.05, 0) is 43.4 Å². The third-order valence-corrected chi connectivity index (χ3v) is 6.88. The molecule has 0 atom stereocenters. The number of amides is 1. The van der Waals surface area contributed by atoms with Crippen molar-refractivity contribution in [3.8, 4) is 11.4 Å². The molecule has 1 aliphatic rings. The van der Waals surface area contributed by atoms with Gasteiger partial charge in [0.05, 0.1) is 5.56 Å². The van der Waals surface area contributed by atoms with Crippen LogP contribution in [0.3, 0.4) is 0 Å². The van der Waals surface area contributed by atoms with Crippen LogP contribution in [0.25, 0.3) is 11.4 Å². The molecule has 1 aliphatic carbocycles. The van der Waals surface area contributed by atoms with E-state index in [0.29, 0.717) is 30.6 Å². The monoisotopic (exact) mass is 532 g/mol. The van der Waals surface area contributed by atoms with E-state index in [1.54, 1.807) is 7.05 Å². The summed E-state index contributed by atoms with van der Waals surface area (Å²) in [6.45, 7) is -0.204. The van der Waals surface area contributed by atoms with Crippen LogP contribution in [-0.2, 0) is 17.5 Å². The quantitative estimate of drug-likeness (QED) is 0.414. The molecule has 0 bridgehead atoms. The average molecular weight is 533 g/mol. The van der Waals surface area contributed by atoms with Crippen molar-refractivity contribution >= 4 is 29.4 Å². The van der Waals surface area contributed by atoms with Gasteiger partial charge >= 0.3 is 6.18 Å². The molecular formula is C26H28ClF3N6O. The van der Waals surface area contributed by atoms with Gasteiger partial charge in [0.15, 0.2) is 5.82 Å². The van der Waals surface area contributed by atoms with Gasteiger partial charge in [-0.2, -0.15) is 28.1 Å². The number of benzene rings is 2. The number of carbonyl (C=O) groups excluding carboxylic acids is 1. The number of halogens is 4. The van der Waals surface area contributed by atoms with Crippen molar-refractivity contribution in [1.82, 2.24) is 20.3 Å². The van der Waals surface area contributed by atoms with Gasteiger partial charge in [-0.25, -0.2) is 0 Å². The second-order valence-corrected chi connectivity index (χ2v) is 9.47. The molecule has 11 heteroatoms. The molecule has 0 aliphatic heterocycles. The zero-order chi connectivity index (χ0) is 26.6. The lowest BCUT2D eigenvalue weighted by Gasteiger charge is -2.34. The van der Waals surface area contributed by atoms with Gasteiger partial charge in [-0.3, -0.25) is 4.79 Å². The second kappa shape index (κ2) is 11.3. The van der Waals surface area contributed by atoms with Crippen molar-refractivity contribution in [2.75, 3.05) is 24.3 Å².